The fourth-order valence-electron chi connectivity index (χ4n) is 7.65. The van der Waals surface area contributed by atoms with Crippen molar-refractivity contribution in [1.29, 1.82) is 0 Å². The van der Waals surface area contributed by atoms with E-state index in [0.717, 1.165) is 54.0 Å². The molecule has 2 aromatic rings. The first kappa shape index (κ1) is 27.7. The van der Waals surface area contributed by atoms with Crippen LogP contribution in [0.4, 0.5) is 10.6 Å². The van der Waals surface area contributed by atoms with E-state index in [1.165, 1.54) is 24.8 Å². The highest BCUT2D eigenvalue weighted by molar-refractivity contribution is 5.94. The summed E-state index contributed by atoms with van der Waals surface area (Å²) in [6.07, 6.45) is 7.28. The average Bonchev–Trinajstić information content (AvgIpc) is 3.21. The summed E-state index contributed by atoms with van der Waals surface area (Å²) in [7, 11) is 0. The lowest BCUT2D eigenvalue weighted by molar-refractivity contribution is -0.117. The van der Waals surface area contributed by atoms with Crippen LogP contribution in [0.2, 0.25) is 0 Å². The van der Waals surface area contributed by atoms with Crippen molar-refractivity contribution in [3.63, 3.8) is 0 Å². The number of carbonyl (C=O) groups is 2. The van der Waals surface area contributed by atoms with Crippen LogP contribution in [0.15, 0.2) is 24.3 Å². The fraction of sp³-hybridized carbons (Fsp3) is 0.656. The first-order chi connectivity index (χ1) is 18.3. The van der Waals surface area contributed by atoms with E-state index in [1.807, 2.05) is 16.8 Å². The van der Waals surface area contributed by atoms with Gasteiger partial charge in [-0.05, 0) is 87.7 Å². The smallest absolute Gasteiger partial charge is 0.318 e. The number of nitrogens with zero attached hydrogens (tertiary/aromatic N) is 3. The summed E-state index contributed by atoms with van der Waals surface area (Å²) >= 11 is 0. The van der Waals surface area contributed by atoms with Gasteiger partial charge in [0.2, 0.25) is 5.91 Å². The Bertz CT molecular complexity index is 1200. The summed E-state index contributed by atoms with van der Waals surface area (Å²) < 4.78 is 1.83. The van der Waals surface area contributed by atoms with Crippen molar-refractivity contribution in [1.82, 2.24) is 20.0 Å². The van der Waals surface area contributed by atoms with Gasteiger partial charge >= 0.3 is 6.03 Å². The summed E-state index contributed by atoms with van der Waals surface area (Å²) in [5, 5.41) is 11.5. The highest BCUT2D eigenvalue weighted by Gasteiger charge is 2.51. The number of aromatic nitrogens is 2. The van der Waals surface area contributed by atoms with Gasteiger partial charge in [0.25, 0.3) is 0 Å². The number of amides is 3. The second-order valence-corrected chi connectivity index (χ2v) is 14.3. The molecule has 0 radical (unpaired) electrons. The van der Waals surface area contributed by atoms with E-state index in [-0.39, 0.29) is 35.4 Å². The number of nitrogens with one attached hydrogen (secondary N) is 2. The molecule has 0 unspecified atom stereocenters. The van der Waals surface area contributed by atoms with Gasteiger partial charge in [0.05, 0.1) is 11.4 Å². The highest BCUT2D eigenvalue weighted by Crippen LogP contribution is 2.55. The molecule has 4 bridgehead atoms. The van der Waals surface area contributed by atoms with Crippen molar-refractivity contribution in [2.24, 2.45) is 23.7 Å². The van der Waals surface area contributed by atoms with Crippen LogP contribution in [0.3, 0.4) is 0 Å². The van der Waals surface area contributed by atoms with Crippen LogP contribution in [0, 0.1) is 37.5 Å². The number of benzene rings is 1. The molecular weight excluding hydrogens is 486 g/mol. The molecular formula is C32H47N5O2. The topological polar surface area (TPSA) is 79.3 Å². The molecule has 39 heavy (non-hydrogen) atoms. The molecule has 4 aliphatic carbocycles. The predicted octanol–water partition coefficient (Wildman–Crippen LogP) is 6.36. The second-order valence-electron chi connectivity index (χ2n) is 14.3. The summed E-state index contributed by atoms with van der Waals surface area (Å²) in [5.74, 6) is 2.93. The van der Waals surface area contributed by atoms with Gasteiger partial charge in [-0.15, -0.1) is 0 Å². The third-order valence-corrected chi connectivity index (χ3v) is 8.94. The van der Waals surface area contributed by atoms with E-state index in [2.05, 4.69) is 71.2 Å². The van der Waals surface area contributed by atoms with Crippen molar-refractivity contribution in [2.45, 2.75) is 97.9 Å². The molecule has 6 rings (SSSR count). The van der Waals surface area contributed by atoms with E-state index in [4.69, 9.17) is 5.10 Å². The minimum absolute atomic E-state index is 0.0132. The Morgan fingerprint density at radius 2 is 1.67 bits per heavy atom. The maximum absolute atomic E-state index is 13.7. The number of rotatable bonds is 7. The maximum Gasteiger partial charge on any atom is 0.318 e. The van der Waals surface area contributed by atoms with Gasteiger partial charge in [-0.25, -0.2) is 9.48 Å². The molecule has 2 N–H and O–H groups in total. The van der Waals surface area contributed by atoms with Gasteiger partial charge in [0.1, 0.15) is 12.4 Å². The van der Waals surface area contributed by atoms with Gasteiger partial charge in [-0.1, -0.05) is 52.3 Å². The summed E-state index contributed by atoms with van der Waals surface area (Å²) in [4.78, 5) is 28.9. The normalized spacial score (nSPS) is 25.7. The Hall–Kier alpha value is -2.83. The number of anilines is 1. The first-order valence-corrected chi connectivity index (χ1v) is 14.9. The van der Waals surface area contributed by atoms with Crippen molar-refractivity contribution >= 4 is 17.8 Å². The van der Waals surface area contributed by atoms with Gasteiger partial charge in [0, 0.05) is 23.6 Å². The Labute approximate surface area is 234 Å². The molecule has 0 aliphatic heterocycles. The molecule has 4 saturated carbocycles. The van der Waals surface area contributed by atoms with Crippen LogP contribution in [0.1, 0.15) is 90.0 Å². The molecule has 1 heterocycles. The van der Waals surface area contributed by atoms with Crippen LogP contribution in [-0.4, -0.2) is 45.2 Å². The van der Waals surface area contributed by atoms with Crippen LogP contribution < -0.4 is 10.6 Å². The minimum Gasteiger partial charge on any atom is -0.333 e. The fourth-order valence-corrected chi connectivity index (χ4v) is 7.65. The molecule has 0 spiro atoms. The number of carbonyl (C=O) groups excluding carboxylic acids is 2. The predicted molar refractivity (Wildman–Crippen MR) is 156 cm³/mol. The van der Waals surface area contributed by atoms with E-state index < -0.39 is 0 Å². The summed E-state index contributed by atoms with van der Waals surface area (Å²) in [6, 6.07) is 8.09. The SMILES string of the molecule is Cc1ccc(-n2nc(C(C)(C)C)cc2NC(=O)CN(CC(C)C)C(=O)NC23CC4CC(CC(C4)C2)C3)c(C)c1. The Kier molecular flexibility index (Phi) is 7.32. The van der Waals surface area contributed by atoms with Crippen molar-refractivity contribution < 1.29 is 9.59 Å². The zero-order valence-electron chi connectivity index (χ0n) is 24.9. The lowest BCUT2D eigenvalue weighted by atomic mass is 9.53. The first-order valence-electron chi connectivity index (χ1n) is 14.9. The largest absolute Gasteiger partial charge is 0.333 e. The molecule has 3 amide bonds. The quantitative estimate of drug-likeness (QED) is 0.435. The molecule has 7 heteroatoms. The standard InChI is InChI=1S/C32H47N5O2/c1-20(2)18-36(30(39)34-32-15-23-11-24(16-32)13-25(12-23)17-32)19-29(38)33-28-14-27(31(5,6)7)35-37(28)26-9-8-21(3)10-22(26)4/h8-10,14,20,23-25H,11-13,15-19H2,1-7H3,(H,33,38)(H,34,39). The van der Waals surface area contributed by atoms with E-state index in [1.54, 1.807) is 4.90 Å². The molecule has 1 aromatic heterocycles. The zero-order valence-corrected chi connectivity index (χ0v) is 24.9. The second kappa shape index (κ2) is 10.3. The Balaban J connectivity index is 1.34. The van der Waals surface area contributed by atoms with Crippen molar-refractivity contribution in [2.75, 3.05) is 18.4 Å². The molecule has 4 aliphatic rings. The third kappa shape index (κ3) is 6.02. The molecule has 4 fully saturated rings. The maximum atomic E-state index is 13.7. The number of hydrogen-bond donors (Lipinski definition) is 2. The third-order valence-electron chi connectivity index (χ3n) is 8.94. The molecule has 0 saturated heterocycles. The zero-order chi connectivity index (χ0) is 28.1. The summed E-state index contributed by atoms with van der Waals surface area (Å²) in [5.41, 5.74) is 3.84. The minimum atomic E-state index is -0.206. The number of hydrogen-bond acceptors (Lipinski definition) is 3. The van der Waals surface area contributed by atoms with Crippen LogP contribution in [0.25, 0.3) is 5.69 Å². The van der Waals surface area contributed by atoms with Gasteiger partial charge in [-0.2, -0.15) is 5.10 Å². The Morgan fingerprint density at radius 1 is 1.05 bits per heavy atom. The average molecular weight is 534 g/mol. The molecule has 1 aromatic carbocycles. The highest BCUT2D eigenvalue weighted by atomic mass is 16.2. The molecule has 0 atom stereocenters. The van der Waals surface area contributed by atoms with E-state index in [0.29, 0.717) is 12.4 Å². The Morgan fingerprint density at radius 3 is 2.21 bits per heavy atom. The lowest BCUT2D eigenvalue weighted by Gasteiger charge is -2.57. The van der Waals surface area contributed by atoms with Crippen LogP contribution in [-0.2, 0) is 10.2 Å². The number of urea groups is 1. The lowest BCUT2D eigenvalue weighted by Crippen LogP contribution is -2.62. The van der Waals surface area contributed by atoms with Crippen molar-refractivity contribution in [3.05, 3.63) is 41.1 Å². The van der Waals surface area contributed by atoms with Crippen LogP contribution >= 0.6 is 0 Å². The van der Waals surface area contributed by atoms with E-state index in [9.17, 15) is 9.59 Å². The van der Waals surface area contributed by atoms with Crippen LogP contribution in [0.5, 0.6) is 0 Å². The summed E-state index contributed by atoms with van der Waals surface area (Å²) in [6.45, 7) is 15.2. The van der Waals surface area contributed by atoms with E-state index >= 15 is 0 Å². The monoisotopic (exact) mass is 533 g/mol. The number of aryl methyl sites for hydroxylation is 2. The van der Waals surface area contributed by atoms with Gasteiger partial charge in [0.15, 0.2) is 0 Å². The van der Waals surface area contributed by atoms with Gasteiger partial charge in [-0.3, -0.25) is 4.79 Å². The van der Waals surface area contributed by atoms with Crippen molar-refractivity contribution in [3.8, 4) is 5.69 Å². The van der Waals surface area contributed by atoms with Gasteiger partial charge < -0.3 is 15.5 Å². The molecule has 212 valence electrons. The molecule has 7 nitrogen and oxygen atoms in total.